The van der Waals surface area contributed by atoms with Gasteiger partial charge in [-0.1, -0.05) is 38.1 Å². The van der Waals surface area contributed by atoms with Gasteiger partial charge in [-0.2, -0.15) is 0 Å². The average Bonchev–Trinajstić information content (AvgIpc) is 2.60. The van der Waals surface area contributed by atoms with E-state index in [-0.39, 0.29) is 17.9 Å². The molecule has 25 heavy (non-hydrogen) atoms. The number of ether oxygens (including phenoxy) is 2. The molecule has 2 aromatic carbocycles. The van der Waals surface area contributed by atoms with Gasteiger partial charge in [0.1, 0.15) is 5.75 Å². The van der Waals surface area contributed by atoms with Gasteiger partial charge in [0.2, 0.25) is 5.75 Å². The molecule has 0 aromatic heterocycles. The van der Waals surface area contributed by atoms with Crippen LogP contribution >= 0.6 is 0 Å². The highest BCUT2D eigenvalue weighted by Crippen LogP contribution is 2.31. The van der Waals surface area contributed by atoms with E-state index in [2.05, 4.69) is 13.8 Å². The summed E-state index contributed by atoms with van der Waals surface area (Å²) < 4.78 is 10.1. The average molecular weight is 343 g/mol. The molecule has 0 fully saturated rings. The molecular formula is C19H21NO5. The molecule has 0 aliphatic heterocycles. The van der Waals surface area contributed by atoms with E-state index in [9.17, 15) is 14.9 Å². The minimum absolute atomic E-state index is 0.0778. The number of carbonyl (C=O) groups is 1. The summed E-state index contributed by atoms with van der Waals surface area (Å²) in [6.45, 7) is 4.24. The molecule has 2 aromatic rings. The monoisotopic (exact) mass is 343 g/mol. The molecule has 2 rings (SSSR count). The van der Waals surface area contributed by atoms with Crippen molar-refractivity contribution in [2.45, 2.75) is 32.6 Å². The molecule has 0 bridgehead atoms. The van der Waals surface area contributed by atoms with Crippen LogP contribution < -0.4 is 9.47 Å². The summed E-state index contributed by atoms with van der Waals surface area (Å²) >= 11 is 0. The van der Waals surface area contributed by atoms with Crippen molar-refractivity contribution in [1.82, 2.24) is 0 Å². The van der Waals surface area contributed by atoms with Crippen LogP contribution in [-0.2, 0) is 11.2 Å². The van der Waals surface area contributed by atoms with Gasteiger partial charge in [0.15, 0.2) is 0 Å². The lowest BCUT2D eigenvalue weighted by Gasteiger charge is -2.08. The van der Waals surface area contributed by atoms with Crippen molar-refractivity contribution in [3.63, 3.8) is 0 Å². The summed E-state index contributed by atoms with van der Waals surface area (Å²) in [5.74, 6) is 0.193. The minimum atomic E-state index is -0.601. The Morgan fingerprint density at radius 2 is 1.84 bits per heavy atom. The first-order chi connectivity index (χ1) is 11.9. The summed E-state index contributed by atoms with van der Waals surface area (Å²) in [5.41, 5.74) is 1.96. The van der Waals surface area contributed by atoms with Crippen molar-refractivity contribution in [2.24, 2.45) is 0 Å². The van der Waals surface area contributed by atoms with Gasteiger partial charge >= 0.3 is 11.7 Å². The third-order valence-corrected chi connectivity index (χ3v) is 3.85. The van der Waals surface area contributed by atoms with E-state index in [0.717, 1.165) is 5.56 Å². The second-order valence-electron chi connectivity index (χ2n) is 5.96. The van der Waals surface area contributed by atoms with E-state index in [1.54, 1.807) is 0 Å². The molecule has 6 heteroatoms. The maximum absolute atomic E-state index is 12.0. The normalized spacial score (nSPS) is 10.6. The molecule has 0 saturated carbocycles. The minimum Gasteiger partial charge on any atom is -0.496 e. The van der Waals surface area contributed by atoms with Crippen LogP contribution in [0.4, 0.5) is 5.69 Å². The molecule has 0 unspecified atom stereocenters. The zero-order valence-corrected chi connectivity index (χ0v) is 14.5. The summed E-state index contributed by atoms with van der Waals surface area (Å²) in [5, 5.41) is 11.1. The molecule has 0 amide bonds. The maximum Gasteiger partial charge on any atom is 0.315 e. The molecule has 0 aliphatic carbocycles. The molecule has 0 saturated heterocycles. The zero-order valence-electron chi connectivity index (χ0n) is 14.5. The van der Waals surface area contributed by atoms with Gasteiger partial charge in [-0.05, 0) is 35.6 Å². The number of hydrogen-bond acceptors (Lipinski definition) is 5. The first-order valence-corrected chi connectivity index (χ1v) is 8.02. The van der Waals surface area contributed by atoms with E-state index < -0.39 is 10.9 Å². The first-order valence-electron chi connectivity index (χ1n) is 8.02. The third kappa shape index (κ3) is 5.04. The van der Waals surface area contributed by atoms with Gasteiger partial charge in [-0.25, -0.2) is 0 Å². The van der Waals surface area contributed by atoms with Gasteiger partial charge in [-0.15, -0.1) is 0 Å². The summed E-state index contributed by atoms with van der Waals surface area (Å²) in [6.07, 6.45) is 0.658. The Morgan fingerprint density at radius 1 is 1.16 bits per heavy atom. The van der Waals surface area contributed by atoms with E-state index >= 15 is 0 Å². The molecular weight excluding hydrogens is 322 g/mol. The number of methoxy groups -OCH3 is 1. The number of nitro benzene ring substituents is 1. The van der Waals surface area contributed by atoms with Gasteiger partial charge in [-0.3, -0.25) is 14.9 Å². The van der Waals surface area contributed by atoms with Crippen LogP contribution in [0.25, 0.3) is 0 Å². The molecule has 0 spiro atoms. The number of rotatable bonds is 7. The van der Waals surface area contributed by atoms with Crippen LogP contribution in [-0.4, -0.2) is 18.0 Å². The highest BCUT2D eigenvalue weighted by molar-refractivity contribution is 5.74. The molecule has 132 valence electrons. The lowest BCUT2D eigenvalue weighted by atomic mass is 10.0. The highest BCUT2D eigenvalue weighted by atomic mass is 16.6. The third-order valence-electron chi connectivity index (χ3n) is 3.85. The molecule has 0 atom stereocenters. The second-order valence-corrected chi connectivity index (χ2v) is 5.96. The van der Waals surface area contributed by atoms with Gasteiger partial charge < -0.3 is 9.47 Å². The smallest absolute Gasteiger partial charge is 0.315 e. The molecule has 0 N–H and O–H groups in total. The lowest BCUT2D eigenvalue weighted by molar-refractivity contribution is -0.385. The second kappa shape index (κ2) is 8.28. The molecule has 0 aliphatic rings. The number of hydrogen-bond donors (Lipinski definition) is 0. The fraction of sp³-hybridized carbons (Fsp3) is 0.316. The Hall–Kier alpha value is -2.89. The quantitative estimate of drug-likeness (QED) is 0.325. The zero-order chi connectivity index (χ0) is 18.4. The Kier molecular flexibility index (Phi) is 6.11. The maximum atomic E-state index is 12.0. The van der Waals surface area contributed by atoms with Crippen LogP contribution in [0.5, 0.6) is 11.5 Å². The van der Waals surface area contributed by atoms with Crippen LogP contribution in [0.2, 0.25) is 0 Å². The molecule has 0 radical (unpaired) electrons. The number of carbonyl (C=O) groups excluding carboxylic acids is 1. The molecule has 6 nitrogen and oxygen atoms in total. The van der Waals surface area contributed by atoms with E-state index in [1.165, 1.54) is 30.9 Å². The fourth-order valence-corrected chi connectivity index (χ4v) is 2.34. The number of esters is 1. The van der Waals surface area contributed by atoms with Crippen molar-refractivity contribution in [1.29, 1.82) is 0 Å². The summed E-state index contributed by atoms with van der Waals surface area (Å²) in [6, 6.07) is 12.2. The number of aryl methyl sites for hydroxylation is 1. The van der Waals surface area contributed by atoms with Gasteiger partial charge in [0.25, 0.3) is 0 Å². The van der Waals surface area contributed by atoms with Crippen molar-refractivity contribution in [3.8, 4) is 11.5 Å². The van der Waals surface area contributed by atoms with E-state index in [1.807, 2.05) is 24.3 Å². The summed E-state index contributed by atoms with van der Waals surface area (Å²) in [4.78, 5) is 22.5. The fourth-order valence-electron chi connectivity index (χ4n) is 2.34. The van der Waals surface area contributed by atoms with Gasteiger partial charge in [0.05, 0.1) is 18.1 Å². The Balaban J connectivity index is 1.99. The van der Waals surface area contributed by atoms with Gasteiger partial charge in [0, 0.05) is 6.42 Å². The Labute approximate surface area is 146 Å². The van der Waals surface area contributed by atoms with Crippen molar-refractivity contribution < 1.29 is 19.2 Å². The van der Waals surface area contributed by atoms with Crippen molar-refractivity contribution in [2.75, 3.05) is 7.11 Å². The lowest BCUT2D eigenvalue weighted by Crippen LogP contribution is -2.10. The van der Waals surface area contributed by atoms with Crippen molar-refractivity contribution >= 4 is 11.7 Å². The van der Waals surface area contributed by atoms with Crippen LogP contribution in [0.3, 0.4) is 0 Å². The predicted molar refractivity (Wildman–Crippen MR) is 94.1 cm³/mol. The molecule has 0 heterocycles. The van der Waals surface area contributed by atoms with Crippen LogP contribution in [0.1, 0.15) is 37.3 Å². The van der Waals surface area contributed by atoms with E-state index in [4.69, 9.17) is 9.47 Å². The summed E-state index contributed by atoms with van der Waals surface area (Å²) in [7, 11) is 1.41. The van der Waals surface area contributed by atoms with Crippen LogP contribution in [0, 0.1) is 10.1 Å². The number of nitrogens with zero attached hydrogens (tertiary/aromatic N) is 1. The van der Waals surface area contributed by atoms with Crippen LogP contribution in [0.15, 0.2) is 42.5 Å². The predicted octanol–water partition coefficient (Wildman–Crippen LogP) is 4.27. The van der Waals surface area contributed by atoms with E-state index in [0.29, 0.717) is 18.1 Å². The first kappa shape index (κ1) is 18.4. The number of benzene rings is 2. The Bertz CT molecular complexity index is 753. The van der Waals surface area contributed by atoms with Crippen molar-refractivity contribution in [3.05, 3.63) is 63.7 Å². The highest BCUT2D eigenvalue weighted by Gasteiger charge is 2.19. The topological polar surface area (TPSA) is 78.7 Å². The number of nitro groups is 1. The standard InChI is InChI=1S/C19H21NO5/c1-13(2)15-7-4-14(5-8-15)6-11-19(21)25-18-10-9-16(24-3)12-17(18)20(22)23/h4-5,7-10,12-13H,6,11H2,1-3H3. The Morgan fingerprint density at radius 3 is 2.40 bits per heavy atom. The largest absolute Gasteiger partial charge is 0.496 e. The SMILES string of the molecule is COc1ccc(OC(=O)CCc2ccc(C(C)C)cc2)c([N+](=O)[O-])c1.